The molecule has 0 radical (unpaired) electrons. The highest BCUT2D eigenvalue weighted by Gasteiger charge is 2.30. The summed E-state index contributed by atoms with van der Waals surface area (Å²) in [6.07, 6.45) is -0.815. The third-order valence-corrected chi connectivity index (χ3v) is 4.84. The van der Waals surface area contributed by atoms with Gasteiger partial charge in [0.2, 0.25) is 0 Å². The van der Waals surface area contributed by atoms with E-state index in [2.05, 4.69) is 14.6 Å². The van der Waals surface area contributed by atoms with Crippen molar-refractivity contribution in [2.45, 2.75) is 0 Å². The predicted octanol–water partition coefficient (Wildman–Crippen LogP) is 3.63. The number of fused-ring (bicyclic) bond motifs is 2. The summed E-state index contributed by atoms with van der Waals surface area (Å²) < 4.78 is 10.3. The van der Waals surface area contributed by atoms with Crippen molar-refractivity contribution in [2.75, 3.05) is 25.6 Å². The third-order valence-electron chi connectivity index (χ3n) is 4.03. The maximum Gasteiger partial charge on any atom is 0.443 e. The van der Waals surface area contributed by atoms with Crippen LogP contribution in [0.3, 0.4) is 0 Å². The molecule has 1 amide bonds. The van der Waals surface area contributed by atoms with Crippen molar-refractivity contribution < 1.29 is 24.1 Å². The number of nitrogens with zero attached hydrogens (tertiary/aromatic N) is 1. The molecule has 132 valence electrons. The van der Waals surface area contributed by atoms with Crippen LogP contribution in [0.25, 0.3) is 21.3 Å². The summed E-state index contributed by atoms with van der Waals surface area (Å²) in [4.78, 5) is 34.3. The maximum atomic E-state index is 13.0. The second-order valence-electron chi connectivity index (χ2n) is 5.58. The molecule has 0 fully saturated rings. The van der Waals surface area contributed by atoms with Gasteiger partial charge in [-0.15, -0.1) is 0 Å². The molecule has 0 aliphatic heterocycles. The zero-order valence-electron chi connectivity index (χ0n) is 13.8. The monoisotopic (exact) mass is 370 g/mol. The number of carbonyl (C=O) groups excluding carboxylic acids is 2. The van der Waals surface area contributed by atoms with Crippen LogP contribution in [-0.2, 0) is 14.5 Å². The van der Waals surface area contributed by atoms with Crippen LogP contribution in [0.1, 0.15) is 15.9 Å². The Morgan fingerprint density at radius 3 is 2.81 bits per heavy atom. The number of hydrogen-bond donors (Lipinski definition) is 1. The average Bonchev–Trinajstić information content (AvgIpc) is 3.08. The molecule has 1 aromatic heterocycles. The van der Waals surface area contributed by atoms with Gasteiger partial charge in [0, 0.05) is 23.6 Å². The Balaban J connectivity index is 1.67. The summed E-state index contributed by atoms with van der Waals surface area (Å²) in [6.45, 7) is 0.406. The lowest BCUT2D eigenvalue weighted by molar-refractivity contribution is -0.240. The summed E-state index contributed by atoms with van der Waals surface area (Å²) in [6, 6.07) is 10.8. The molecule has 8 heteroatoms. The number of methoxy groups -OCH3 is 1. The molecule has 2 aromatic carbocycles. The van der Waals surface area contributed by atoms with Gasteiger partial charge >= 0.3 is 6.09 Å². The van der Waals surface area contributed by atoms with Crippen molar-refractivity contribution in [2.24, 2.45) is 0 Å². The molecule has 0 bridgehead atoms. The van der Waals surface area contributed by atoms with Gasteiger partial charge in [-0.1, -0.05) is 24.3 Å². The molecule has 1 aliphatic rings. The number of amides is 1. The number of carbonyl (C=O) groups is 2. The average molecular weight is 370 g/mol. The number of nitrogens with one attached hydrogen (secondary N) is 1. The van der Waals surface area contributed by atoms with Crippen molar-refractivity contribution in [3.63, 3.8) is 0 Å². The van der Waals surface area contributed by atoms with Crippen LogP contribution in [0.4, 0.5) is 10.5 Å². The van der Waals surface area contributed by atoms with Crippen molar-refractivity contribution in [1.29, 1.82) is 0 Å². The summed E-state index contributed by atoms with van der Waals surface area (Å²) in [5, 5.41) is 3.42. The van der Waals surface area contributed by atoms with E-state index in [0.717, 1.165) is 15.8 Å². The van der Waals surface area contributed by atoms with Crippen LogP contribution in [0.2, 0.25) is 0 Å². The Morgan fingerprint density at radius 2 is 1.96 bits per heavy atom. The van der Waals surface area contributed by atoms with Crippen LogP contribution in [0.5, 0.6) is 0 Å². The molecule has 0 saturated carbocycles. The molecular weight excluding hydrogens is 356 g/mol. The molecule has 1 heterocycles. The van der Waals surface area contributed by atoms with Crippen LogP contribution in [0, 0.1) is 0 Å². The Bertz CT molecular complexity index is 1010. The number of aromatic nitrogens is 1. The molecule has 1 aliphatic carbocycles. The van der Waals surface area contributed by atoms with E-state index in [0.29, 0.717) is 29.0 Å². The molecule has 0 atom stereocenters. The minimum absolute atomic E-state index is 0.111. The smallest absolute Gasteiger partial charge is 0.382 e. The van der Waals surface area contributed by atoms with Crippen molar-refractivity contribution >= 4 is 39.2 Å². The van der Waals surface area contributed by atoms with Crippen molar-refractivity contribution in [1.82, 2.24) is 4.37 Å². The number of ether oxygens (including phenoxy) is 1. The summed E-state index contributed by atoms with van der Waals surface area (Å²) in [7, 11) is 1.51. The molecule has 0 spiro atoms. The SMILES string of the molecule is COCCOOC(=O)Nc1cccc2c1C(=O)c1cccc3snc-2c13. The van der Waals surface area contributed by atoms with E-state index in [1.807, 2.05) is 18.2 Å². The van der Waals surface area contributed by atoms with Crippen molar-refractivity contribution in [3.8, 4) is 11.3 Å². The fourth-order valence-corrected chi connectivity index (χ4v) is 3.76. The first kappa shape index (κ1) is 16.6. The summed E-state index contributed by atoms with van der Waals surface area (Å²) in [5.74, 6) is -0.158. The van der Waals surface area contributed by atoms with Gasteiger partial charge in [-0.3, -0.25) is 15.0 Å². The van der Waals surface area contributed by atoms with Gasteiger partial charge in [-0.05, 0) is 23.7 Å². The summed E-state index contributed by atoms with van der Waals surface area (Å²) >= 11 is 1.35. The van der Waals surface area contributed by atoms with E-state index in [9.17, 15) is 9.59 Å². The maximum absolute atomic E-state index is 13.0. The van der Waals surface area contributed by atoms with Gasteiger partial charge in [0.25, 0.3) is 0 Å². The van der Waals surface area contributed by atoms with Crippen LogP contribution in [-0.4, -0.2) is 36.6 Å². The number of hydrogen-bond acceptors (Lipinski definition) is 7. The highest BCUT2D eigenvalue weighted by Crippen LogP contribution is 2.42. The molecule has 0 unspecified atom stereocenters. The number of anilines is 1. The third kappa shape index (κ3) is 2.74. The Hall–Kier alpha value is -2.81. The minimum Gasteiger partial charge on any atom is -0.382 e. The molecule has 7 nitrogen and oxygen atoms in total. The van der Waals surface area contributed by atoms with Gasteiger partial charge in [0.15, 0.2) is 5.78 Å². The Labute approximate surface area is 152 Å². The topological polar surface area (TPSA) is 86.8 Å². The Morgan fingerprint density at radius 1 is 1.15 bits per heavy atom. The molecule has 0 saturated heterocycles. The number of rotatable bonds is 5. The van der Waals surface area contributed by atoms with E-state index in [-0.39, 0.29) is 12.4 Å². The first-order chi connectivity index (χ1) is 12.7. The number of ketones is 1. The highest BCUT2D eigenvalue weighted by atomic mass is 32.1. The molecule has 26 heavy (non-hydrogen) atoms. The second-order valence-corrected chi connectivity index (χ2v) is 6.38. The highest BCUT2D eigenvalue weighted by molar-refractivity contribution is 7.13. The largest absolute Gasteiger partial charge is 0.443 e. The van der Waals surface area contributed by atoms with E-state index in [1.165, 1.54) is 18.6 Å². The fraction of sp³-hybridized carbons (Fsp3) is 0.167. The lowest BCUT2D eigenvalue weighted by atomic mass is 9.86. The molecular formula is C18H14N2O5S. The predicted molar refractivity (Wildman–Crippen MR) is 96.4 cm³/mol. The normalized spacial score (nSPS) is 12.1. The number of benzene rings is 2. The first-order valence-corrected chi connectivity index (χ1v) is 8.64. The summed E-state index contributed by atoms with van der Waals surface area (Å²) in [5.41, 5.74) is 2.77. The van der Waals surface area contributed by atoms with Crippen LogP contribution >= 0.6 is 11.5 Å². The van der Waals surface area contributed by atoms with Gasteiger partial charge in [0.05, 0.1) is 28.3 Å². The quantitative estimate of drug-likeness (QED) is 0.328. The van der Waals surface area contributed by atoms with E-state index in [4.69, 9.17) is 9.62 Å². The zero-order chi connectivity index (χ0) is 18.1. The minimum atomic E-state index is -0.815. The van der Waals surface area contributed by atoms with E-state index < -0.39 is 6.09 Å². The second kappa shape index (κ2) is 6.83. The first-order valence-electron chi connectivity index (χ1n) is 7.86. The Kier molecular flexibility index (Phi) is 4.37. The standard InChI is InChI=1S/C18H14N2O5S/c1-23-8-9-24-25-18(22)19-12-6-2-4-10-14(12)17(21)11-5-3-7-13-15(11)16(10)20-26-13/h2-7H,8-9H2,1H3,(H,19,22). The molecule has 4 rings (SSSR count). The lowest BCUT2D eigenvalue weighted by Crippen LogP contribution is -2.19. The molecule has 1 N–H and O–H groups in total. The van der Waals surface area contributed by atoms with Gasteiger partial charge < -0.3 is 4.74 Å². The van der Waals surface area contributed by atoms with Gasteiger partial charge in [-0.25, -0.2) is 4.79 Å². The van der Waals surface area contributed by atoms with Gasteiger partial charge in [-0.2, -0.15) is 9.26 Å². The lowest BCUT2D eigenvalue weighted by Gasteiger charge is -2.18. The van der Waals surface area contributed by atoms with Crippen LogP contribution in [0.15, 0.2) is 36.4 Å². The molecule has 3 aromatic rings. The van der Waals surface area contributed by atoms with Crippen LogP contribution < -0.4 is 5.32 Å². The van der Waals surface area contributed by atoms with E-state index in [1.54, 1.807) is 18.2 Å². The van der Waals surface area contributed by atoms with Crippen molar-refractivity contribution in [3.05, 3.63) is 47.5 Å². The zero-order valence-corrected chi connectivity index (χ0v) is 14.6. The van der Waals surface area contributed by atoms with E-state index >= 15 is 0 Å². The fourth-order valence-electron chi connectivity index (χ4n) is 2.94. The van der Waals surface area contributed by atoms with Gasteiger partial charge in [0.1, 0.15) is 6.61 Å².